The van der Waals surface area contributed by atoms with Gasteiger partial charge >= 0.3 is 0 Å². The summed E-state index contributed by atoms with van der Waals surface area (Å²) >= 11 is 0. The molecule has 1 aliphatic rings. The fourth-order valence-corrected chi connectivity index (χ4v) is 3.31. The quantitative estimate of drug-likeness (QED) is 0.641. The minimum Gasteiger partial charge on any atom is -0.343 e. The van der Waals surface area contributed by atoms with Gasteiger partial charge in [-0.2, -0.15) is 0 Å². The highest BCUT2D eigenvalue weighted by atomic mass is 15.0. The molecule has 118 valence electrons. The Hall–Kier alpha value is -2.06. The Morgan fingerprint density at radius 2 is 1.74 bits per heavy atom. The van der Waals surface area contributed by atoms with Gasteiger partial charge in [0, 0.05) is 29.7 Å². The summed E-state index contributed by atoms with van der Waals surface area (Å²) in [4.78, 5) is 0. The monoisotopic (exact) mass is 304 g/mol. The molecule has 1 saturated carbocycles. The summed E-state index contributed by atoms with van der Waals surface area (Å²) < 4.78 is 2.40. The Labute approximate surface area is 138 Å². The maximum atomic E-state index is 3.61. The van der Waals surface area contributed by atoms with Crippen molar-refractivity contribution in [2.24, 2.45) is 0 Å². The zero-order chi connectivity index (χ0) is 15.5. The number of rotatable bonds is 7. The van der Waals surface area contributed by atoms with Crippen LogP contribution < -0.4 is 5.32 Å². The number of para-hydroxylation sites is 1. The largest absolute Gasteiger partial charge is 0.343 e. The zero-order valence-electron chi connectivity index (χ0n) is 13.5. The average molecular weight is 304 g/mol. The molecule has 2 aromatic carbocycles. The Morgan fingerprint density at radius 1 is 0.957 bits per heavy atom. The highest BCUT2D eigenvalue weighted by Crippen LogP contribution is 2.24. The van der Waals surface area contributed by atoms with Crippen molar-refractivity contribution >= 4 is 10.9 Å². The number of hydrogen-bond donors (Lipinski definition) is 1. The van der Waals surface area contributed by atoms with Crippen LogP contribution in [0.2, 0.25) is 0 Å². The van der Waals surface area contributed by atoms with E-state index in [0.29, 0.717) is 0 Å². The van der Waals surface area contributed by atoms with Gasteiger partial charge in [0.05, 0.1) is 0 Å². The highest BCUT2D eigenvalue weighted by molar-refractivity contribution is 5.84. The molecular weight excluding hydrogens is 280 g/mol. The van der Waals surface area contributed by atoms with Gasteiger partial charge in [0.25, 0.3) is 0 Å². The van der Waals surface area contributed by atoms with Crippen molar-refractivity contribution in [3.05, 3.63) is 71.9 Å². The molecule has 4 rings (SSSR count). The number of aryl methyl sites for hydroxylation is 1. The van der Waals surface area contributed by atoms with Crippen molar-refractivity contribution in [1.82, 2.24) is 9.88 Å². The van der Waals surface area contributed by atoms with Gasteiger partial charge in [-0.05, 0) is 49.4 Å². The predicted molar refractivity (Wildman–Crippen MR) is 96.8 cm³/mol. The fourth-order valence-electron chi connectivity index (χ4n) is 3.31. The molecule has 1 aromatic heterocycles. The van der Waals surface area contributed by atoms with E-state index in [4.69, 9.17) is 0 Å². The molecule has 3 aromatic rings. The van der Waals surface area contributed by atoms with Crippen LogP contribution in [0, 0.1) is 0 Å². The van der Waals surface area contributed by atoms with Gasteiger partial charge in [0.15, 0.2) is 0 Å². The van der Waals surface area contributed by atoms with Crippen LogP contribution in [0.15, 0.2) is 60.8 Å². The van der Waals surface area contributed by atoms with Crippen LogP contribution in [0.3, 0.4) is 0 Å². The molecular formula is C21H24N2. The summed E-state index contributed by atoms with van der Waals surface area (Å²) in [5.74, 6) is 0. The number of fused-ring (bicyclic) bond motifs is 1. The van der Waals surface area contributed by atoms with Gasteiger partial charge in [0.1, 0.15) is 0 Å². The Morgan fingerprint density at radius 3 is 2.57 bits per heavy atom. The molecule has 2 heteroatoms. The lowest BCUT2D eigenvalue weighted by Gasteiger charge is -2.05. The molecule has 0 saturated heterocycles. The van der Waals surface area contributed by atoms with Gasteiger partial charge in [-0.1, -0.05) is 48.5 Å². The summed E-state index contributed by atoms with van der Waals surface area (Å²) in [5, 5.41) is 5.03. The minimum atomic E-state index is 0.814. The van der Waals surface area contributed by atoms with Crippen molar-refractivity contribution in [2.75, 3.05) is 6.54 Å². The van der Waals surface area contributed by atoms with Crippen molar-refractivity contribution in [1.29, 1.82) is 0 Å². The molecule has 1 fully saturated rings. The number of nitrogens with one attached hydrogen (secondary N) is 1. The van der Waals surface area contributed by atoms with Crippen molar-refractivity contribution < 1.29 is 0 Å². The molecule has 1 aliphatic carbocycles. The van der Waals surface area contributed by atoms with E-state index in [2.05, 4.69) is 70.7 Å². The smallest absolute Gasteiger partial charge is 0.0486 e. The maximum absolute atomic E-state index is 3.61. The van der Waals surface area contributed by atoms with E-state index in [1.54, 1.807) is 0 Å². The van der Waals surface area contributed by atoms with Crippen molar-refractivity contribution in [3.63, 3.8) is 0 Å². The molecule has 1 N–H and O–H groups in total. The first kappa shape index (κ1) is 14.5. The Bertz CT molecular complexity index is 769. The second kappa shape index (κ2) is 6.59. The van der Waals surface area contributed by atoms with Crippen LogP contribution in [-0.2, 0) is 13.0 Å². The SMILES string of the molecule is c1ccc(Cn2cc(CCCNC3CC3)c3ccccc32)cc1. The van der Waals surface area contributed by atoms with Crippen LogP contribution in [0.1, 0.15) is 30.4 Å². The summed E-state index contributed by atoms with van der Waals surface area (Å²) in [6.45, 7) is 2.09. The second-order valence-corrected chi connectivity index (χ2v) is 6.62. The standard InChI is InChI=1S/C21H24N2/c1-2-7-17(8-3-1)15-23-16-18(9-6-14-22-19-12-13-19)20-10-4-5-11-21(20)23/h1-5,7-8,10-11,16,19,22H,6,9,12-15H2. The van der Waals surface area contributed by atoms with E-state index < -0.39 is 0 Å². The van der Waals surface area contributed by atoms with Crippen LogP contribution >= 0.6 is 0 Å². The molecule has 0 aliphatic heterocycles. The lowest BCUT2D eigenvalue weighted by Crippen LogP contribution is -2.17. The molecule has 0 spiro atoms. The third-order valence-corrected chi connectivity index (χ3v) is 4.70. The number of nitrogens with zero attached hydrogens (tertiary/aromatic N) is 1. The number of aromatic nitrogens is 1. The average Bonchev–Trinajstić information content (AvgIpc) is 3.36. The molecule has 0 radical (unpaired) electrons. The first-order valence-corrected chi connectivity index (χ1v) is 8.74. The molecule has 2 nitrogen and oxygen atoms in total. The van der Waals surface area contributed by atoms with Crippen molar-refractivity contribution in [3.8, 4) is 0 Å². The van der Waals surface area contributed by atoms with Crippen LogP contribution in [-0.4, -0.2) is 17.2 Å². The van der Waals surface area contributed by atoms with Gasteiger partial charge in [-0.3, -0.25) is 0 Å². The van der Waals surface area contributed by atoms with Gasteiger partial charge in [0.2, 0.25) is 0 Å². The molecule has 23 heavy (non-hydrogen) atoms. The van der Waals surface area contributed by atoms with E-state index in [1.807, 2.05) is 0 Å². The van der Waals surface area contributed by atoms with Crippen LogP contribution in [0.4, 0.5) is 0 Å². The van der Waals surface area contributed by atoms with Gasteiger partial charge < -0.3 is 9.88 Å². The van der Waals surface area contributed by atoms with Crippen LogP contribution in [0.5, 0.6) is 0 Å². The topological polar surface area (TPSA) is 17.0 Å². The van der Waals surface area contributed by atoms with Crippen LogP contribution in [0.25, 0.3) is 10.9 Å². The molecule has 0 amide bonds. The highest BCUT2D eigenvalue weighted by Gasteiger charge is 2.19. The first-order valence-electron chi connectivity index (χ1n) is 8.74. The maximum Gasteiger partial charge on any atom is 0.0486 e. The third kappa shape index (κ3) is 3.48. The summed E-state index contributed by atoms with van der Waals surface area (Å²) in [6.07, 6.45) is 7.47. The van der Waals surface area contributed by atoms with E-state index >= 15 is 0 Å². The summed E-state index contributed by atoms with van der Waals surface area (Å²) in [6, 6.07) is 20.3. The number of hydrogen-bond acceptors (Lipinski definition) is 1. The second-order valence-electron chi connectivity index (χ2n) is 6.62. The minimum absolute atomic E-state index is 0.814. The van der Waals surface area contributed by atoms with E-state index in [0.717, 1.165) is 25.6 Å². The van der Waals surface area contributed by atoms with Crippen molar-refractivity contribution in [2.45, 2.75) is 38.3 Å². The first-order chi connectivity index (χ1) is 11.4. The summed E-state index contributed by atoms with van der Waals surface area (Å²) in [5.41, 5.74) is 4.19. The molecule has 0 atom stereocenters. The van der Waals surface area contributed by atoms with Gasteiger partial charge in [-0.15, -0.1) is 0 Å². The lowest BCUT2D eigenvalue weighted by atomic mass is 10.1. The van der Waals surface area contributed by atoms with E-state index in [1.165, 1.54) is 41.3 Å². The lowest BCUT2D eigenvalue weighted by molar-refractivity contribution is 0.645. The number of benzene rings is 2. The van der Waals surface area contributed by atoms with E-state index in [-0.39, 0.29) is 0 Å². The normalized spacial score (nSPS) is 14.4. The Balaban J connectivity index is 1.52. The Kier molecular flexibility index (Phi) is 4.16. The van der Waals surface area contributed by atoms with Gasteiger partial charge in [-0.25, -0.2) is 0 Å². The zero-order valence-corrected chi connectivity index (χ0v) is 13.5. The fraction of sp³-hybridized carbons (Fsp3) is 0.333. The molecule has 1 heterocycles. The van der Waals surface area contributed by atoms with E-state index in [9.17, 15) is 0 Å². The molecule has 0 unspecified atom stereocenters. The summed E-state index contributed by atoms with van der Waals surface area (Å²) in [7, 11) is 0. The molecule has 0 bridgehead atoms. The predicted octanol–water partition coefficient (Wildman–Crippen LogP) is 4.37. The third-order valence-electron chi connectivity index (χ3n) is 4.70.